The Hall–Kier alpha value is -3.29. The molecule has 0 spiro atoms. The number of aromatic nitrogens is 2. The number of nitrogens with zero attached hydrogens (tertiary/aromatic N) is 2. The molecule has 0 fully saturated rings. The molecule has 8 heteroatoms. The summed E-state index contributed by atoms with van der Waals surface area (Å²) in [4.78, 5) is 27.3. The van der Waals surface area contributed by atoms with Crippen molar-refractivity contribution in [3.8, 4) is 17.2 Å². The SMILES string of the molecule is COc1cc(/C=C/C(=O)NCCn2cnccc2=O)cc(OC)c1OC. The van der Waals surface area contributed by atoms with Crippen molar-refractivity contribution in [1.82, 2.24) is 14.9 Å². The van der Waals surface area contributed by atoms with Gasteiger partial charge in [0.1, 0.15) is 0 Å². The topological polar surface area (TPSA) is 91.7 Å². The summed E-state index contributed by atoms with van der Waals surface area (Å²) in [5.74, 6) is 1.21. The third-order valence-electron chi connectivity index (χ3n) is 3.56. The molecular weight excluding hydrogens is 338 g/mol. The van der Waals surface area contributed by atoms with Crippen LogP contribution in [0, 0.1) is 0 Å². The molecule has 0 saturated heterocycles. The Morgan fingerprint density at radius 2 is 1.88 bits per heavy atom. The van der Waals surface area contributed by atoms with Crippen LogP contribution in [-0.4, -0.2) is 43.3 Å². The predicted molar refractivity (Wildman–Crippen MR) is 96.6 cm³/mol. The zero-order chi connectivity index (χ0) is 18.9. The third-order valence-corrected chi connectivity index (χ3v) is 3.56. The molecule has 1 heterocycles. The number of methoxy groups -OCH3 is 3. The fraction of sp³-hybridized carbons (Fsp3) is 0.278. The lowest BCUT2D eigenvalue weighted by atomic mass is 10.1. The zero-order valence-corrected chi connectivity index (χ0v) is 14.9. The fourth-order valence-electron chi connectivity index (χ4n) is 2.27. The van der Waals surface area contributed by atoms with E-state index in [9.17, 15) is 9.59 Å². The Morgan fingerprint density at radius 1 is 1.19 bits per heavy atom. The number of rotatable bonds is 8. The van der Waals surface area contributed by atoms with E-state index < -0.39 is 0 Å². The van der Waals surface area contributed by atoms with E-state index in [1.165, 1.54) is 50.6 Å². The van der Waals surface area contributed by atoms with Crippen LogP contribution in [0.15, 0.2) is 41.6 Å². The van der Waals surface area contributed by atoms with E-state index in [-0.39, 0.29) is 11.5 Å². The number of nitrogens with one attached hydrogen (secondary N) is 1. The van der Waals surface area contributed by atoms with Crippen LogP contribution in [0.25, 0.3) is 6.08 Å². The van der Waals surface area contributed by atoms with Crippen LogP contribution in [0.5, 0.6) is 17.2 Å². The number of hydrogen-bond acceptors (Lipinski definition) is 6. The second kappa shape index (κ2) is 9.26. The van der Waals surface area contributed by atoms with Crippen LogP contribution in [-0.2, 0) is 11.3 Å². The van der Waals surface area contributed by atoms with Crippen LogP contribution < -0.4 is 25.1 Å². The Morgan fingerprint density at radius 3 is 2.46 bits per heavy atom. The summed E-state index contributed by atoms with van der Waals surface area (Å²) in [5, 5.41) is 2.71. The zero-order valence-electron chi connectivity index (χ0n) is 14.9. The molecule has 0 unspecified atom stereocenters. The third kappa shape index (κ3) is 4.85. The number of amides is 1. The normalized spacial score (nSPS) is 10.6. The summed E-state index contributed by atoms with van der Waals surface area (Å²) < 4.78 is 17.2. The maximum atomic E-state index is 11.9. The van der Waals surface area contributed by atoms with Gasteiger partial charge in [-0.05, 0) is 23.8 Å². The highest BCUT2D eigenvalue weighted by Gasteiger charge is 2.12. The predicted octanol–water partition coefficient (Wildman–Crippen LogP) is 1.10. The Kier molecular flexibility index (Phi) is 6.78. The van der Waals surface area contributed by atoms with Crippen molar-refractivity contribution >= 4 is 12.0 Å². The number of benzene rings is 1. The van der Waals surface area contributed by atoms with Gasteiger partial charge in [-0.1, -0.05) is 0 Å². The Balaban J connectivity index is 1.99. The molecule has 1 amide bonds. The summed E-state index contributed by atoms with van der Waals surface area (Å²) in [6, 6.07) is 4.84. The van der Waals surface area contributed by atoms with E-state index >= 15 is 0 Å². The van der Waals surface area contributed by atoms with Gasteiger partial charge in [0.2, 0.25) is 11.7 Å². The molecule has 138 valence electrons. The molecule has 0 aliphatic heterocycles. The first-order chi connectivity index (χ1) is 12.6. The van der Waals surface area contributed by atoms with Crippen molar-refractivity contribution in [3.05, 3.63) is 52.7 Å². The van der Waals surface area contributed by atoms with E-state index in [0.717, 1.165) is 5.56 Å². The molecule has 0 aliphatic carbocycles. The van der Waals surface area contributed by atoms with Gasteiger partial charge in [-0.3, -0.25) is 14.2 Å². The van der Waals surface area contributed by atoms with Gasteiger partial charge >= 0.3 is 0 Å². The van der Waals surface area contributed by atoms with Crippen LogP contribution in [0.1, 0.15) is 5.56 Å². The van der Waals surface area contributed by atoms with Crippen molar-refractivity contribution < 1.29 is 19.0 Å². The van der Waals surface area contributed by atoms with Crippen LogP contribution in [0.4, 0.5) is 0 Å². The van der Waals surface area contributed by atoms with E-state index in [1.807, 2.05) is 0 Å². The summed E-state index contributed by atoms with van der Waals surface area (Å²) in [6.45, 7) is 0.653. The molecule has 2 aromatic rings. The van der Waals surface area contributed by atoms with Gasteiger partial charge in [-0.25, -0.2) is 4.98 Å². The quantitative estimate of drug-likeness (QED) is 0.710. The fourth-order valence-corrected chi connectivity index (χ4v) is 2.27. The summed E-state index contributed by atoms with van der Waals surface area (Å²) in [5.41, 5.74) is 0.556. The maximum Gasteiger partial charge on any atom is 0.253 e. The van der Waals surface area contributed by atoms with Gasteiger partial charge in [0.25, 0.3) is 5.56 Å². The minimum atomic E-state index is -0.282. The van der Waals surface area contributed by atoms with Crippen LogP contribution >= 0.6 is 0 Å². The number of carbonyl (C=O) groups excluding carboxylic acids is 1. The number of carbonyl (C=O) groups is 1. The molecule has 0 atom stereocenters. The molecule has 0 aliphatic rings. The highest BCUT2D eigenvalue weighted by Crippen LogP contribution is 2.38. The molecular formula is C18H21N3O5. The molecule has 26 heavy (non-hydrogen) atoms. The van der Waals surface area contributed by atoms with Crippen molar-refractivity contribution in [3.63, 3.8) is 0 Å². The van der Waals surface area contributed by atoms with Crippen molar-refractivity contribution in [2.45, 2.75) is 6.54 Å². The average Bonchev–Trinajstić information content (AvgIpc) is 2.66. The van der Waals surface area contributed by atoms with Gasteiger partial charge < -0.3 is 19.5 Å². The lowest BCUT2D eigenvalue weighted by molar-refractivity contribution is -0.116. The van der Waals surface area contributed by atoms with E-state index in [1.54, 1.807) is 18.2 Å². The Labute approximate surface area is 151 Å². The summed E-state index contributed by atoms with van der Waals surface area (Å²) in [6.07, 6.45) is 5.89. The first-order valence-corrected chi connectivity index (χ1v) is 7.85. The highest BCUT2D eigenvalue weighted by atomic mass is 16.5. The molecule has 0 bridgehead atoms. The summed E-state index contributed by atoms with van der Waals surface area (Å²) >= 11 is 0. The van der Waals surface area contributed by atoms with Gasteiger partial charge in [0.05, 0.1) is 27.7 Å². The second-order valence-electron chi connectivity index (χ2n) is 5.19. The van der Waals surface area contributed by atoms with Crippen molar-refractivity contribution in [2.24, 2.45) is 0 Å². The number of hydrogen-bond donors (Lipinski definition) is 1. The summed E-state index contributed by atoms with van der Waals surface area (Å²) in [7, 11) is 4.58. The molecule has 0 radical (unpaired) electrons. The van der Waals surface area contributed by atoms with Gasteiger partial charge in [-0.2, -0.15) is 0 Å². The van der Waals surface area contributed by atoms with Crippen molar-refractivity contribution in [2.75, 3.05) is 27.9 Å². The van der Waals surface area contributed by atoms with E-state index in [4.69, 9.17) is 14.2 Å². The highest BCUT2D eigenvalue weighted by molar-refractivity contribution is 5.91. The minimum absolute atomic E-state index is 0.165. The largest absolute Gasteiger partial charge is 0.493 e. The second-order valence-corrected chi connectivity index (χ2v) is 5.19. The van der Waals surface area contributed by atoms with Crippen LogP contribution in [0.3, 0.4) is 0 Å². The monoisotopic (exact) mass is 359 g/mol. The lowest BCUT2D eigenvalue weighted by Crippen LogP contribution is -2.29. The first kappa shape index (κ1) is 19.0. The molecule has 1 aromatic heterocycles. The smallest absolute Gasteiger partial charge is 0.253 e. The Bertz CT molecular complexity index is 820. The number of ether oxygens (including phenoxy) is 3. The molecule has 1 N–H and O–H groups in total. The van der Waals surface area contributed by atoms with Crippen molar-refractivity contribution in [1.29, 1.82) is 0 Å². The molecule has 1 aromatic carbocycles. The molecule has 0 saturated carbocycles. The van der Waals surface area contributed by atoms with Crippen LogP contribution in [0.2, 0.25) is 0 Å². The maximum absolute atomic E-state index is 11.9. The van der Waals surface area contributed by atoms with Gasteiger partial charge in [0, 0.05) is 31.4 Å². The average molecular weight is 359 g/mol. The van der Waals surface area contributed by atoms with Gasteiger partial charge in [-0.15, -0.1) is 0 Å². The minimum Gasteiger partial charge on any atom is -0.493 e. The lowest BCUT2D eigenvalue weighted by Gasteiger charge is -2.12. The molecule has 2 rings (SSSR count). The van der Waals surface area contributed by atoms with E-state index in [2.05, 4.69) is 10.3 Å². The van der Waals surface area contributed by atoms with Gasteiger partial charge in [0.15, 0.2) is 11.5 Å². The molecule has 8 nitrogen and oxygen atoms in total. The first-order valence-electron chi connectivity index (χ1n) is 7.85. The standard InChI is InChI=1S/C18H21N3O5/c1-24-14-10-13(11-15(25-2)18(14)26-3)4-5-16(22)20-8-9-21-12-19-7-6-17(21)23/h4-7,10-12H,8-9H2,1-3H3,(H,20,22)/b5-4+. The van der Waals surface area contributed by atoms with E-state index in [0.29, 0.717) is 30.3 Å².